The van der Waals surface area contributed by atoms with Crippen molar-refractivity contribution in [1.29, 1.82) is 0 Å². The zero-order chi connectivity index (χ0) is 26.9. The van der Waals surface area contributed by atoms with Gasteiger partial charge in [0.15, 0.2) is 0 Å². The van der Waals surface area contributed by atoms with Gasteiger partial charge in [-0.05, 0) is 18.6 Å². The molecule has 202 valence electrons. The molecular formula is C25H28Cl2F3N3O4. The standard InChI is InChI=1S/C25H28Cl2F3N3O4/c1-14-12-32(21-10-23(36-2)31-11-19(21)27)6-5-22(14)37-17-3-4-20(18(26)9-17)33-13-15(25(28,29)30)7-16(33)8-24(34)35/h3-4,9-11,14-16,22H,5-8,12-13H2,1-2H3,(H,34,35). The minimum Gasteiger partial charge on any atom is -0.490 e. The van der Waals surface area contributed by atoms with Crippen LogP contribution in [0, 0.1) is 11.8 Å². The minimum atomic E-state index is -4.41. The average Bonchev–Trinajstić information content (AvgIpc) is 3.24. The Morgan fingerprint density at radius 2 is 1.95 bits per heavy atom. The lowest BCUT2D eigenvalue weighted by Crippen LogP contribution is -2.44. The number of aromatic nitrogens is 1. The molecule has 4 atom stereocenters. The van der Waals surface area contributed by atoms with Crippen molar-refractivity contribution in [3.05, 3.63) is 40.5 Å². The van der Waals surface area contributed by atoms with E-state index in [9.17, 15) is 23.1 Å². The van der Waals surface area contributed by atoms with Crippen molar-refractivity contribution in [2.24, 2.45) is 11.8 Å². The maximum Gasteiger partial charge on any atom is 0.393 e. The summed E-state index contributed by atoms with van der Waals surface area (Å²) in [5.74, 6) is -1.65. The van der Waals surface area contributed by atoms with Crippen LogP contribution < -0.4 is 19.3 Å². The Kier molecular flexibility index (Phi) is 8.18. The third-order valence-electron chi connectivity index (χ3n) is 6.99. The molecule has 2 saturated heterocycles. The van der Waals surface area contributed by atoms with E-state index in [0.29, 0.717) is 41.8 Å². The summed E-state index contributed by atoms with van der Waals surface area (Å²) in [4.78, 5) is 19.0. The number of carboxylic acids is 1. The van der Waals surface area contributed by atoms with Crippen molar-refractivity contribution < 1.29 is 32.5 Å². The van der Waals surface area contributed by atoms with Gasteiger partial charge < -0.3 is 24.4 Å². The maximum absolute atomic E-state index is 13.4. The van der Waals surface area contributed by atoms with Crippen LogP contribution in [0.15, 0.2) is 30.5 Å². The molecule has 1 aromatic carbocycles. The number of nitrogens with zero attached hydrogens (tertiary/aromatic N) is 3. The number of carbonyl (C=O) groups is 1. The third kappa shape index (κ3) is 6.29. The van der Waals surface area contributed by atoms with Crippen LogP contribution in [-0.2, 0) is 4.79 Å². The van der Waals surface area contributed by atoms with Crippen molar-refractivity contribution in [1.82, 2.24) is 4.98 Å². The van der Waals surface area contributed by atoms with Gasteiger partial charge in [-0.1, -0.05) is 30.1 Å². The van der Waals surface area contributed by atoms with Crippen molar-refractivity contribution in [2.75, 3.05) is 36.5 Å². The average molecular weight is 562 g/mol. The Bertz CT molecular complexity index is 1140. The normalized spacial score (nSPS) is 24.3. The highest BCUT2D eigenvalue weighted by atomic mass is 35.5. The van der Waals surface area contributed by atoms with Crippen LogP contribution in [0.2, 0.25) is 10.0 Å². The second-order valence-electron chi connectivity index (χ2n) is 9.54. The molecule has 3 heterocycles. The molecule has 7 nitrogen and oxygen atoms in total. The second-order valence-corrected chi connectivity index (χ2v) is 10.4. The molecule has 2 aromatic rings. The highest BCUT2D eigenvalue weighted by molar-refractivity contribution is 6.33. The van der Waals surface area contributed by atoms with Crippen LogP contribution in [-0.4, -0.2) is 61.1 Å². The molecule has 4 rings (SSSR count). The zero-order valence-corrected chi connectivity index (χ0v) is 21.9. The van der Waals surface area contributed by atoms with Crippen molar-refractivity contribution >= 4 is 40.5 Å². The SMILES string of the molecule is COc1cc(N2CCC(Oc3ccc(N4CC(C(F)(F)F)CC4CC(=O)O)c(Cl)c3)C(C)C2)c(Cl)cn1. The molecule has 0 aliphatic carbocycles. The molecule has 4 unspecified atom stereocenters. The highest BCUT2D eigenvalue weighted by Crippen LogP contribution is 2.43. The first-order valence-electron chi connectivity index (χ1n) is 11.9. The molecule has 1 N–H and O–H groups in total. The number of ether oxygens (including phenoxy) is 2. The van der Waals surface area contributed by atoms with E-state index < -0.39 is 30.5 Å². The van der Waals surface area contributed by atoms with E-state index >= 15 is 0 Å². The zero-order valence-electron chi connectivity index (χ0n) is 20.3. The lowest BCUT2D eigenvalue weighted by atomic mass is 9.96. The molecule has 0 saturated carbocycles. The molecule has 2 fully saturated rings. The molecule has 0 radical (unpaired) electrons. The van der Waals surface area contributed by atoms with Crippen molar-refractivity contribution in [2.45, 2.75) is 44.5 Å². The Labute approximate surface area is 223 Å². The van der Waals surface area contributed by atoms with Gasteiger partial charge in [-0.2, -0.15) is 13.2 Å². The summed E-state index contributed by atoms with van der Waals surface area (Å²) in [6, 6.07) is 5.86. The summed E-state index contributed by atoms with van der Waals surface area (Å²) in [6.07, 6.45) is -2.93. The fraction of sp³-hybridized carbons (Fsp3) is 0.520. The number of rotatable bonds is 7. The third-order valence-corrected chi connectivity index (χ3v) is 7.58. The molecule has 2 aliphatic heterocycles. The van der Waals surface area contributed by atoms with Gasteiger partial charge in [-0.15, -0.1) is 0 Å². The molecule has 1 aromatic heterocycles. The molecule has 2 aliphatic rings. The van der Waals surface area contributed by atoms with Crippen LogP contribution >= 0.6 is 23.2 Å². The minimum absolute atomic E-state index is 0.109. The number of alkyl halides is 3. The Morgan fingerprint density at radius 1 is 1.19 bits per heavy atom. The number of benzene rings is 1. The number of carboxylic acid groups (broad SMARTS) is 1. The fourth-order valence-electron chi connectivity index (χ4n) is 5.09. The first kappa shape index (κ1) is 27.4. The number of methoxy groups -OCH3 is 1. The van der Waals surface area contributed by atoms with Crippen LogP contribution in [0.4, 0.5) is 24.5 Å². The predicted molar refractivity (Wildman–Crippen MR) is 135 cm³/mol. The number of halogens is 5. The van der Waals surface area contributed by atoms with E-state index in [1.165, 1.54) is 4.90 Å². The number of hydrogen-bond acceptors (Lipinski definition) is 6. The number of aliphatic carboxylic acids is 1. The number of hydrogen-bond donors (Lipinski definition) is 1. The monoisotopic (exact) mass is 561 g/mol. The number of anilines is 2. The number of piperidine rings is 1. The van der Waals surface area contributed by atoms with Gasteiger partial charge in [0.2, 0.25) is 5.88 Å². The van der Waals surface area contributed by atoms with Crippen LogP contribution in [0.1, 0.15) is 26.2 Å². The van der Waals surface area contributed by atoms with Crippen LogP contribution in [0.5, 0.6) is 11.6 Å². The Balaban J connectivity index is 1.44. The second kappa shape index (κ2) is 11.0. The molecule has 37 heavy (non-hydrogen) atoms. The van der Waals surface area contributed by atoms with Crippen LogP contribution in [0.25, 0.3) is 0 Å². The van der Waals surface area contributed by atoms with Crippen molar-refractivity contribution in [3.63, 3.8) is 0 Å². The summed E-state index contributed by atoms with van der Waals surface area (Å²) in [5.41, 5.74) is 1.21. The van der Waals surface area contributed by atoms with E-state index in [0.717, 1.165) is 5.69 Å². The van der Waals surface area contributed by atoms with E-state index in [1.807, 2.05) is 0 Å². The van der Waals surface area contributed by atoms with Gasteiger partial charge >= 0.3 is 12.1 Å². The summed E-state index contributed by atoms with van der Waals surface area (Å²) in [6.45, 7) is 3.11. The molecule has 0 spiro atoms. The fourth-order valence-corrected chi connectivity index (χ4v) is 5.60. The Hall–Kier alpha value is -2.59. The van der Waals surface area contributed by atoms with E-state index in [1.54, 1.807) is 37.6 Å². The van der Waals surface area contributed by atoms with Crippen LogP contribution in [0.3, 0.4) is 0 Å². The topological polar surface area (TPSA) is 75.1 Å². The maximum atomic E-state index is 13.4. The lowest BCUT2D eigenvalue weighted by molar-refractivity contribution is -0.169. The van der Waals surface area contributed by atoms with Gasteiger partial charge in [0.1, 0.15) is 11.9 Å². The quantitative estimate of drug-likeness (QED) is 0.449. The van der Waals surface area contributed by atoms with E-state index in [4.69, 9.17) is 32.7 Å². The molecule has 12 heteroatoms. The summed E-state index contributed by atoms with van der Waals surface area (Å²) < 4.78 is 51.5. The summed E-state index contributed by atoms with van der Waals surface area (Å²) >= 11 is 12.8. The van der Waals surface area contributed by atoms with Gasteiger partial charge in [0.05, 0.1) is 47.1 Å². The summed E-state index contributed by atoms with van der Waals surface area (Å²) in [5, 5.41) is 9.95. The molecule has 0 amide bonds. The van der Waals surface area contributed by atoms with Gasteiger partial charge in [-0.3, -0.25) is 4.79 Å². The smallest absolute Gasteiger partial charge is 0.393 e. The summed E-state index contributed by atoms with van der Waals surface area (Å²) in [7, 11) is 1.55. The molecular weight excluding hydrogens is 534 g/mol. The first-order valence-corrected chi connectivity index (χ1v) is 12.7. The van der Waals surface area contributed by atoms with Gasteiger partial charge in [-0.25, -0.2) is 4.98 Å². The van der Waals surface area contributed by atoms with E-state index in [-0.39, 0.29) is 30.0 Å². The van der Waals surface area contributed by atoms with Gasteiger partial charge in [0.25, 0.3) is 0 Å². The lowest BCUT2D eigenvalue weighted by Gasteiger charge is -2.38. The number of pyridine rings is 1. The molecule has 0 bridgehead atoms. The Morgan fingerprint density at radius 3 is 2.57 bits per heavy atom. The van der Waals surface area contributed by atoms with E-state index in [2.05, 4.69) is 16.8 Å². The van der Waals surface area contributed by atoms with Crippen molar-refractivity contribution in [3.8, 4) is 11.6 Å². The highest BCUT2D eigenvalue weighted by Gasteiger charge is 2.48. The van der Waals surface area contributed by atoms with Gasteiger partial charge in [0, 0.05) is 50.1 Å². The first-order chi connectivity index (χ1) is 17.5. The largest absolute Gasteiger partial charge is 0.490 e. The predicted octanol–water partition coefficient (Wildman–Crippen LogP) is 5.92.